The van der Waals surface area contributed by atoms with Gasteiger partial charge in [0.25, 0.3) is 15.0 Å². The van der Waals surface area contributed by atoms with E-state index in [1.807, 2.05) is 0 Å². The van der Waals surface area contributed by atoms with Crippen molar-refractivity contribution < 1.29 is 13.2 Å². The molecule has 0 spiro atoms. The third-order valence-electron chi connectivity index (χ3n) is 4.02. The maximum Gasteiger partial charge on any atom is 0.261 e. The maximum absolute atomic E-state index is 12.6. The second-order valence-electron chi connectivity index (χ2n) is 5.37. The topological polar surface area (TPSA) is 54.5 Å². The zero-order chi connectivity index (χ0) is 15.8. The summed E-state index contributed by atoms with van der Waals surface area (Å²) in [6, 6.07) is 2.77. The van der Waals surface area contributed by atoms with E-state index in [0.717, 1.165) is 25.7 Å². The first-order valence-electron chi connectivity index (χ1n) is 6.74. The van der Waals surface area contributed by atoms with Crippen molar-refractivity contribution in [1.82, 2.24) is 4.90 Å². The molecule has 4 nitrogen and oxygen atoms in total. The lowest BCUT2D eigenvalue weighted by molar-refractivity contribution is 0.0734. The normalized spacial score (nSPS) is 16.2. The van der Waals surface area contributed by atoms with Crippen molar-refractivity contribution in [2.45, 2.75) is 43.5 Å². The van der Waals surface area contributed by atoms with Crippen LogP contribution >= 0.6 is 22.3 Å². The number of carbonyl (C=O) groups is 1. The van der Waals surface area contributed by atoms with Gasteiger partial charge in [-0.3, -0.25) is 4.79 Å². The number of rotatable bonds is 3. The largest absolute Gasteiger partial charge is 0.339 e. The van der Waals surface area contributed by atoms with Gasteiger partial charge in [0.2, 0.25) is 0 Å². The predicted octanol–water partition coefficient (Wildman–Crippen LogP) is 3.59. The lowest BCUT2D eigenvalue weighted by Gasteiger charge is -2.25. The second kappa shape index (κ2) is 6.15. The average Bonchev–Trinajstić information content (AvgIpc) is 2.92. The first kappa shape index (κ1) is 16.6. The highest BCUT2D eigenvalue weighted by Gasteiger charge is 2.27. The molecule has 0 atom stereocenters. The molecule has 2 rings (SSSR count). The van der Waals surface area contributed by atoms with Crippen LogP contribution in [-0.2, 0) is 9.05 Å². The van der Waals surface area contributed by atoms with E-state index in [-0.39, 0.29) is 27.4 Å². The van der Waals surface area contributed by atoms with Crippen molar-refractivity contribution in [2.24, 2.45) is 0 Å². The minimum absolute atomic E-state index is 0.150. The van der Waals surface area contributed by atoms with Gasteiger partial charge in [-0.15, -0.1) is 0 Å². The molecule has 1 amide bonds. The van der Waals surface area contributed by atoms with Gasteiger partial charge in [0, 0.05) is 34.4 Å². The quantitative estimate of drug-likeness (QED) is 0.783. The van der Waals surface area contributed by atoms with Crippen molar-refractivity contribution in [2.75, 3.05) is 7.05 Å². The minimum Gasteiger partial charge on any atom is -0.339 e. The molecule has 0 saturated heterocycles. The summed E-state index contributed by atoms with van der Waals surface area (Å²) in [5.74, 6) is -0.219. The molecule has 0 aromatic heterocycles. The number of halogens is 2. The monoisotopic (exact) mass is 349 g/mol. The van der Waals surface area contributed by atoms with Gasteiger partial charge in [0.1, 0.15) is 0 Å². The van der Waals surface area contributed by atoms with Gasteiger partial charge >= 0.3 is 0 Å². The first-order chi connectivity index (χ1) is 9.71. The minimum atomic E-state index is -3.93. The van der Waals surface area contributed by atoms with Crippen LogP contribution in [-0.4, -0.2) is 32.3 Å². The average molecular weight is 350 g/mol. The van der Waals surface area contributed by atoms with Crippen molar-refractivity contribution in [1.29, 1.82) is 0 Å². The predicted molar refractivity (Wildman–Crippen MR) is 83.6 cm³/mol. The summed E-state index contributed by atoms with van der Waals surface area (Å²) in [7, 11) is 3.17. The van der Waals surface area contributed by atoms with Gasteiger partial charge in [-0.2, -0.15) is 0 Å². The highest BCUT2D eigenvalue weighted by Crippen LogP contribution is 2.29. The number of carbonyl (C=O) groups excluding carboxylic acids is 1. The third kappa shape index (κ3) is 3.52. The van der Waals surface area contributed by atoms with Crippen LogP contribution < -0.4 is 0 Å². The molecule has 0 N–H and O–H groups in total. The van der Waals surface area contributed by atoms with Crippen LogP contribution in [0.2, 0.25) is 5.02 Å². The van der Waals surface area contributed by atoms with Crippen LogP contribution in [0.4, 0.5) is 0 Å². The van der Waals surface area contributed by atoms with E-state index in [0.29, 0.717) is 5.56 Å². The van der Waals surface area contributed by atoms with Crippen LogP contribution in [0.1, 0.15) is 41.6 Å². The molecule has 0 heterocycles. The molecule has 0 unspecified atom stereocenters. The van der Waals surface area contributed by atoms with Crippen LogP contribution in [0.15, 0.2) is 17.0 Å². The van der Waals surface area contributed by atoms with E-state index in [2.05, 4.69) is 0 Å². The molecule has 1 saturated carbocycles. The SMILES string of the molecule is Cc1c(Cl)cc(S(=O)(=O)Cl)cc1C(=O)N(C)C1CCCC1. The van der Waals surface area contributed by atoms with Gasteiger partial charge in [-0.1, -0.05) is 24.4 Å². The van der Waals surface area contributed by atoms with Gasteiger partial charge in [0.15, 0.2) is 0 Å². The lowest BCUT2D eigenvalue weighted by atomic mass is 10.1. The fourth-order valence-corrected chi connectivity index (χ4v) is 3.73. The number of amides is 1. The fraction of sp³-hybridized carbons (Fsp3) is 0.500. The summed E-state index contributed by atoms with van der Waals surface area (Å²) in [4.78, 5) is 14.1. The Kier molecular flexibility index (Phi) is 4.85. The smallest absolute Gasteiger partial charge is 0.261 e. The van der Waals surface area contributed by atoms with Gasteiger partial charge < -0.3 is 4.90 Å². The Hall–Kier alpha value is -0.780. The number of benzene rings is 1. The molecular weight excluding hydrogens is 333 g/mol. The maximum atomic E-state index is 12.6. The molecular formula is C14H17Cl2NO3S. The van der Waals surface area contributed by atoms with Crippen LogP contribution in [0.3, 0.4) is 0 Å². The zero-order valence-electron chi connectivity index (χ0n) is 11.9. The Bertz CT molecular complexity index is 667. The van der Waals surface area contributed by atoms with E-state index < -0.39 is 9.05 Å². The van der Waals surface area contributed by atoms with E-state index in [4.69, 9.17) is 22.3 Å². The van der Waals surface area contributed by atoms with Gasteiger partial charge in [0.05, 0.1) is 4.90 Å². The summed E-state index contributed by atoms with van der Waals surface area (Å²) in [5, 5.41) is 0.222. The summed E-state index contributed by atoms with van der Waals surface area (Å²) in [6.45, 7) is 1.70. The van der Waals surface area contributed by atoms with E-state index in [9.17, 15) is 13.2 Å². The van der Waals surface area contributed by atoms with Crippen LogP contribution in [0, 0.1) is 6.92 Å². The molecule has 1 aliphatic rings. The van der Waals surface area contributed by atoms with Crippen molar-refractivity contribution in [3.63, 3.8) is 0 Å². The molecule has 1 aromatic carbocycles. The zero-order valence-corrected chi connectivity index (χ0v) is 14.2. The highest BCUT2D eigenvalue weighted by molar-refractivity contribution is 8.13. The Morgan fingerprint density at radius 3 is 2.38 bits per heavy atom. The summed E-state index contributed by atoms with van der Waals surface area (Å²) in [6.07, 6.45) is 4.17. The van der Waals surface area contributed by atoms with Crippen LogP contribution in [0.25, 0.3) is 0 Å². The first-order valence-corrected chi connectivity index (χ1v) is 9.42. The van der Waals surface area contributed by atoms with Gasteiger partial charge in [-0.25, -0.2) is 8.42 Å². The number of nitrogens with zero attached hydrogens (tertiary/aromatic N) is 1. The standard InChI is InChI=1S/C14H17Cl2NO3S/c1-9-12(7-11(8-13(9)15)21(16,19)20)14(18)17(2)10-5-3-4-6-10/h7-8,10H,3-6H2,1-2H3. The van der Waals surface area contributed by atoms with E-state index in [1.54, 1.807) is 18.9 Å². The molecule has 0 bridgehead atoms. The van der Waals surface area contributed by atoms with Crippen molar-refractivity contribution >= 4 is 37.2 Å². The molecule has 0 radical (unpaired) electrons. The number of hydrogen-bond donors (Lipinski definition) is 0. The molecule has 1 aromatic rings. The molecule has 1 aliphatic carbocycles. The number of hydrogen-bond acceptors (Lipinski definition) is 3. The second-order valence-corrected chi connectivity index (χ2v) is 8.34. The van der Waals surface area contributed by atoms with E-state index >= 15 is 0 Å². The molecule has 0 aliphatic heterocycles. The van der Waals surface area contributed by atoms with Crippen LogP contribution in [0.5, 0.6) is 0 Å². The molecule has 116 valence electrons. The molecule has 21 heavy (non-hydrogen) atoms. The Morgan fingerprint density at radius 1 is 1.29 bits per heavy atom. The Morgan fingerprint density at radius 2 is 1.86 bits per heavy atom. The fourth-order valence-electron chi connectivity index (χ4n) is 2.66. The van der Waals surface area contributed by atoms with Crippen molar-refractivity contribution in [3.8, 4) is 0 Å². The summed E-state index contributed by atoms with van der Waals surface area (Å²) in [5.41, 5.74) is 0.853. The highest BCUT2D eigenvalue weighted by atomic mass is 35.7. The summed E-state index contributed by atoms with van der Waals surface area (Å²) >= 11 is 6.04. The molecule has 7 heteroatoms. The van der Waals surface area contributed by atoms with Crippen molar-refractivity contribution in [3.05, 3.63) is 28.3 Å². The molecule has 1 fully saturated rings. The summed E-state index contributed by atoms with van der Waals surface area (Å²) < 4.78 is 23.0. The third-order valence-corrected chi connectivity index (χ3v) is 5.75. The van der Waals surface area contributed by atoms with Gasteiger partial charge in [-0.05, 0) is 37.5 Å². The van der Waals surface area contributed by atoms with E-state index in [1.165, 1.54) is 12.1 Å². The Balaban J connectivity index is 2.42. The lowest BCUT2D eigenvalue weighted by Crippen LogP contribution is -2.35. The Labute approximate surface area is 134 Å².